The van der Waals surface area contributed by atoms with Gasteiger partial charge in [-0.3, -0.25) is 14.4 Å². The quantitative estimate of drug-likeness (QED) is 0.0958. The van der Waals surface area contributed by atoms with Crippen LogP contribution in [0.3, 0.4) is 0 Å². The summed E-state index contributed by atoms with van der Waals surface area (Å²) in [7, 11) is 0. The van der Waals surface area contributed by atoms with E-state index in [2.05, 4.69) is 38.0 Å². The number of aryl methyl sites for hydroxylation is 1. The monoisotopic (exact) mass is 796 g/mol. The summed E-state index contributed by atoms with van der Waals surface area (Å²) >= 11 is 0. The molecule has 0 aromatic carbocycles. The SMILES string of the molecule is CC(=O)O[C@H]1C[C@@]2(C)[C@@H](C[C@@H](O)[C@H]3[C@@]4(C)CC[C@@H](OC(=O)CCn5cnc(CC(NC(=O)C(C)N)C(=O)O)c5)[C@@H](C)[C@@H]4CC[C@@]32C)/C1=C(\CCC=C(C)C)C(=O)O. The van der Waals surface area contributed by atoms with Crippen molar-refractivity contribution in [3.8, 4) is 0 Å². The number of amides is 1. The van der Waals surface area contributed by atoms with Gasteiger partial charge < -0.3 is 40.4 Å². The number of rotatable bonds is 14. The Morgan fingerprint density at radius 1 is 1.05 bits per heavy atom. The van der Waals surface area contributed by atoms with E-state index in [1.165, 1.54) is 20.2 Å². The maximum atomic E-state index is 13.2. The average Bonchev–Trinajstić information content (AvgIpc) is 3.67. The van der Waals surface area contributed by atoms with Gasteiger partial charge in [0.15, 0.2) is 0 Å². The van der Waals surface area contributed by atoms with E-state index < -0.39 is 53.5 Å². The zero-order valence-electron chi connectivity index (χ0n) is 34.9. The molecule has 1 aromatic heterocycles. The number of fused-ring (bicyclic) bond motifs is 5. The van der Waals surface area contributed by atoms with Crippen molar-refractivity contribution in [2.45, 2.75) is 157 Å². The molecule has 0 radical (unpaired) electrons. The van der Waals surface area contributed by atoms with Gasteiger partial charge in [0.1, 0.15) is 18.2 Å². The summed E-state index contributed by atoms with van der Waals surface area (Å²) in [5, 5.41) is 34.8. The molecule has 14 nitrogen and oxygen atoms in total. The lowest BCUT2D eigenvalue weighted by molar-refractivity contribution is -0.236. The summed E-state index contributed by atoms with van der Waals surface area (Å²) < 4.78 is 13.8. The Bertz CT molecular complexity index is 1780. The van der Waals surface area contributed by atoms with Gasteiger partial charge in [-0.2, -0.15) is 0 Å². The number of hydrogen-bond acceptors (Lipinski definition) is 10. The lowest BCUT2D eigenvalue weighted by atomic mass is 9.36. The lowest BCUT2D eigenvalue weighted by Gasteiger charge is -2.69. The first-order valence-electron chi connectivity index (χ1n) is 20.6. The zero-order valence-corrected chi connectivity index (χ0v) is 34.9. The fourth-order valence-electron chi connectivity index (χ4n) is 11.7. The highest BCUT2D eigenvalue weighted by molar-refractivity contribution is 5.88. The van der Waals surface area contributed by atoms with E-state index in [0.717, 1.165) is 24.8 Å². The van der Waals surface area contributed by atoms with Gasteiger partial charge in [0.2, 0.25) is 5.91 Å². The summed E-state index contributed by atoms with van der Waals surface area (Å²) in [5.41, 5.74) is 7.00. The molecule has 316 valence electrons. The predicted molar refractivity (Wildman–Crippen MR) is 210 cm³/mol. The van der Waals surface area contributed by atoms with Crippen LogP contribution in [-0.2, 0) is 46.4 Å². The van der Waals surface area contributed by atoms with E-state index in [9.17, 15) is 39.3 Å². The first kappa shape index (κ1) is 44.1. The molecule has 0 aliphatic heterocycles. The first-order chi connectivity index (χ1) is 26.6. The van der Waals surface area contributed by atoms with Gasteiger partial charge in [0, 0.05) is 31.7 Å². The third kappa shape index (κ3) is 8.72. The number of aliphatic hydroxyl groups is 1. The van der Waals surface area contributed by atoms with Crippen LogP contribution in [0, 0.1) is 39.9 Å². The van der Waals surface area contributed by atoms with Gasteiger partial charge in [-0.05, 0) is 118 Å². The summed E-state index contributed by atoms with van der Waals surface area (Å²) in [6.07, 6.45) is 8.44. The minimum Gasteiger partial charge on any atom is -0.480 e. The number of aliphatic carboxylic acids is 2. The summed E-state index contributed by atoms with van der Waals surface area (Å²) in [6.45, 7) is 16.0. The van der Waals surface area contributed by atoms with Crippen LogP contribution in [0.15, 0.2) is 35.3 Å². The molecule has 0 bridgehead atoms. The molecule has 5 rings (SSSR count). The number of hydrogen-bond donors (Lipinski definition) is 5. The van der Waals surface area contributed by atoms with Crippen LogP contribution in [0.4, 0.5) is 0 Å². The van der Waals surface area contributed by atoms with Crippen LogP contribution >= 0.6 is 0 Å². The highest BCUT2D eigenvalue weighted by atomic mass is 16.5. The molecule has 4 saturated carbocycles. The first-order valence-corrected chi connectivity index (χ1v) is 20.6. The summed E-state index contributed by atoms with van der Waals surface area (Å²) in [6, 6.07) is -2.04. The van der Waals surface area contributed by atoms with Gasteiger partial charge >= 0.3 is 23.9 Å². The predicted octanol–water partition coefficient (Wildman–Crippen LogP) is 4.96. The molecule has 0 saturated heterocycles. The van der Waals surface area contributed by atoms with Crippen molar-refractivity contribution in [1.82, 2.24) is 14.9 Å². The second kappa shape index (κ2) is 17.1. The number of carboxylic acid groups (broad SMARTS) is 2. The fourth-order valence-corrected chi connectivity index (χ4v) is 11.7. The van der Waals surface area contributed by atoms with E-state index in [1.54, 1.807) is 10.8 Å². The van der Waals surface area contributed by atoms with Gasteiger partial charge in [-0.25, -0.2) is 14.6 Å². The van der Waals surface area contributed by atoms with Crippen LogP contribution in [0.25, 0.3) is 0 Å². The summed E-state index contributed by atoms with van der Waals surface area (Å²) in [5.74, 6) is -3.70. The number of carboxylic acids is 2. The van der Waals surface area contributed by atoms with E-state index in [4.69, 9.17) is 15.2 Å². The van der Waals surface area contributed by atoms with Crippen molar-refractivity contribution in [1.29, 1.82) is 0 Å². The Kier molecular flexibility index (Phi) is 13.2. The molecule has 4 aliphatic rings. The van der Waals surface area contributed by atoms with Crippen molar-refractivity contribution in [2.24, 2.45) is 45.7 Å². The summed E-state index contributed by atoms with van der Waals surface area (Å²) in [4.78, 5) is 66.5. The normalized spacial score (nSPS) is 35.0. The third-order valence-corrected chi connectivity index (χ3v) is 14.5. The maximum Gasteiger partial charge on any atom is 0.331 e. The largest absolute Gasteiger partial charge is 0.480 e. The molecule has 0 spiro atoms. The number of nitrogens with one attached hydrogen (secondary N) is 1. The molecule has 2 unspecified atom stereocenters. The number of nitrogens with two attached hydrogens (primary N) is 1. The number of aromatic nitrogens is 2. The van der Waals surface area contributed by atoms with Crippen molar-refractivity contribution < 1.29 is 48.8 Å². The molecular weight excluding hydrogens is 732 g/mol. The number of allylic oxidation sites excluding steroid dienone is 2. The average molecular weight is 797 g/mol. The maximum absolute atomic E-state index is 13.2. The van der Waals surface area contributed by atoms with Crippen molar-refractivity contribution >= 4 is 29.8 Å². The Labute approximate surface area is 336 Å². The van der Waals surface area contributed by atoms with Crippen molar-refractivity contribution in [2.75, 3.05) is 0 Å². The van der Waals surface area contributed by atoms with E-state index in [0.29, 0.717) is 48.9 Å². The number of nitrogens with zero attached hydrogens (tertiary/aromatic N) is 2. The Morgan fingerprint density at radius 2 is 1.75 bits per heavy atom. The topological polar surface area (TPSA) is 220 Å². The molecule has 1 heterocycles. The van der Waals surface area contributed by atoms with Gasteiger partial charge in [0.05, 0.1) is 30.6 Å². The van der Waals surface area contributed by atoms with Crippen LogP contribution < -0.4 is 11.1 Å². The van der Waals surface area contributed by atoms with Crippen LogP contribution in [0.2, 0.25) is 0 Å². The number of esters is 2. The Hall–Kier alpha value is -4.04. The Balaban J connectivity index is 1.28. The van der Waals surface area contributed by atoms with Gasteiger partial charge in [0.25, 0.3) is 0 Å². The lowest BCUT2D eigenvalue weighted by Crippen LogP contribution is -2.65. The van der Waals surface area contributed by atoms with Crippen LogP contribution in [0.5, 0.6) is 0 Å². The smallest absolute Gasteiger partial charge is 0.331 e. The zero-order chi connectivity index (χ0) is 42.2. The molecule has 4 fully saturated rings. The molecular formula is C43H64N4O10. The fraction of sp³-hybridized carbons (Fsp3) is 0.721. The molecule has 12 atom stereocenters. The molecule has 4 aliphatic carbocycles. The molecule has 14 heteroatoms. The van der Waals surface area contributed by atoms with Gasteiger partial charge in [-0.1, -0.05) is 39.3 Å². The number of carbonyl (C=O) groups is 5. The van der Waals surface area contributed by atoms with Gasteiger partial charge in [-0.15, -0.1) is 0 Å². The van der Waals surface area contributed by atoms with Crippen LogP contribution in [-0.4, -0.2) is 85.1 Å². The third-order valence-electron chi connectivity index (χ3n) is 14.5. The molecule has 57 heavy (non-hydrogen) atoms. The number of carbonyl (C=O) groups excluding carboxylic acids is 3. The number of imidazole rings is 1. The second-order valence-electron chi connectivity index (χ2n) is 18.4. The number of aliphatic hydroxyl groups excluding tert-OH is 1. The highest BCUT2D eigenvalue weighted by Crippen LogP contribution is 2.74. The minimum atomic E-state index is -1.20. The van der Waals surface area contributed by atoms with Crippen molar-refractivity contribution in [3.63, 3.8) is 0 Å². The molecule has 6 N–H and O–H groups in total. The van der Waals surface area contributed by atoms with Crippen molar-refractivity contribution in [3.05, 3.63) is 41.0 Å². The second-order valence-corrected chi connectivity index (χ2v) is 18.4. The highest BCUT2D eigenvalue weighted by Gasteiger charge is 2.71. The standard InChI is InChI=1S/C43H64N4O10/c1-23(2)10-9-11-28(39(52)53)36-30-19-32(49)37-41(6)15-13-33(24(3)29(41)12-16-42(37,7)43(30,8)20-34(36)56-26(5)48)57-35(50)14-17-47-21-27(45-22-47)18-31(40(54)55)46-38(51)25(4)44/h10,21-22,24-25,29-34,37,49H,9,11-20,44H2,1-8H3,(H,46,51)(H,52,53)(H,54,55)/b36-28-/t24-,25?,29-,30-,31?,32+,33+,34-,37-,41-,42-,43-/m0/s1. The Morgan fingerprint density at radius 3 is 2.37 bits per heavy atom. The van der Waals surface area contributed by atoms with E-state index >= 15 is 0 Å². The minimum absolute atomic E-state index is 0.0376. The van der Waals surface area contributed by atoms with E-state index in [1.807, 2.05) is 19.9 Å². The van der Waals surface area contributed by atoms with Crippen LogP contribution in [0.1, 0.15) is 119 Å². The number of ether oxygens (including phenoxy) is 2. The molecule has 1 aromatic rings. The molecule has 1 amide bonds. The van der Waals surface area contributed by atoms with E-state index in [-0.39, 0.29) is 66.0 Å².